The van der Waals surface area contributed by atoms with Gasteiger partial charge in [0.1, 0.15) is 17.2 Å². The quantitative estimate of drug-likeness (QED) is 0.888. The van der Waals surface area contributed by atoms with Crippen LogP contribution in [0.4, 0.5) is 5.69 Å². The maximum atomic E-state index is 12.0. The van der Waals surface area contributed by atoms with Crippen LogP contribution in [0.5, 0.6) is 11.5 Å². The van der Waals surface area contributed by atoms with Gasteiger partial charge in [0.05, 0.1) is 14.2 Å². The van der Waals surface area contributed by atoms with Gasteiger partial charge in [-0.25, -0.2) is 0 Å². The smallest absolute Gasteiger partial charge is 0.272 e. The van der Waals surface area contributed by atoms with Gasteiger partial charge in [0.15, 0.2) is 0 Å². The largest absolute Gasteiger partial charge is 0.497 e. The first-order valence-corrected chi connectivity index (χ1v) is 5.86. The van der Waals surface area contributed by atoms with Gasteiger partial charge in [0, 0.05) is 30.0 Å². The van der Waals surface area contributed by atoms with Crippen LogP contribution in [-0.2, 0) is 0 Å². The molecule has 0 fully saturated rings. The molecule has 104 valence electrons. The van der Waals surface area contributed by atoms with Crippen molar-refractivity contribution in [1.82, 2.24) is 4.98 Å². The molecule has 0 radical (unpaired) electrons. The molecule has 2 aromatic rings. The van der Waals surface area contributed by atoms with Crippen LogP contribution in [0.1, 0.15) is 10.5 Å². The highest BCUT2D eigenvalue weighted by molar-refractivity contribution is 6.03. The molecular weight excluding hydrogens is 260 g/mol. The summed E-state index contributed by atoms with van der Waals surface area (Å²) in [6.45, 7) is 0. The third kappa shape index (κ3) is 3.17. The molecule has 0 atom stereocenters. The van der Waals surface area contributed by atoms with E-state index in [0.29, 0.717) is 17.2 Å². The lowest BCUT2D eigenvalue weighted by molar-refractivity contribution is 0.102. The molecule has 0 saturated carbocycles. The van der Waals surface area contributed by atoms with Crippen molar-refractivity contribution >= 4 is 11.6 Å². The first-order valence-electron chi connectivity index (χ1n) is 5.86. The molecule has 0 aliphatic rings. The minimum Gasteiger partial charge on any atom is -0.497 e. The molecule has 2 N–H and O–H groups in total. The second-order valence-corrected chi connectivity index (χ2v) is 3.98. The van der Waals surface area contributed by atoms with Crippen molar-refractivity contribution in [3.05, 3.63) is 52.4 Å². The second-order valence-electron chi connectivity index (χ2n) is 3.98. The number of pyridine rings is 1. The fourth-order valence-corrected chi connectivity index (χ4v) is 1.66. The number of H-pyrrole nitrogens is 1. The Bertz CT molecular complexity index is 657. The highest BCUT2D eigenvalue weighted by Gasteiger charge is 2.09. The topological polar surface area (TPSA) is 80.4 Å². The normalized spacial score (nSPS) is 9.90. The Morgan fingerprint density at radius 1 is 1.10 bits per heavy atom. The highest BCUT2D eigenvalue weighted by Crippen LogP contribution is 2.25. The van der Waals surface area contributed by atoms with E-state index < -0.39 is 5.91 Å². The molecule has 2 rings (SSSR count). The summed E-state index contributed by atoms with van der Waals surface area (Å²) in [6.07, 6.45) is 0. The van der Waals surface area contributed by atoms with Gasteiger partial charge in [-0.2, -0.15) is 0 Å². The summed E-state index contributed by atoms with van der Waals surface area (Å²) >= 11 is 0. The predicted molar refractivity (Wildman–Crippen MR) is 74.6 cm³/mol. The van der Waals surface area contributed by atoms with Crippen LogP contribution in [0, 0.1) is 0 Å². The molecule has 1 amide bonds. The lowest BCUT2D eigenvalue weighted by atomic mass is 10.2. The maximum Gasteiger partial charge on any atom is 0.272 e. The van der Waals surface area contributed by atoms with Gasteiger partial charge in [0.25, 0.3) is 5.91 Å². The summed E-state index contributed by atoms with van der Waals surface area (Å²) in [5, 5.41) is 2.67. The number of benzene rings is 1. The zero-order chi connectivity index (χ0) is 14.5. The number of carbonyl (C=O) groups excluding carboxylic acids is 1. The Morgan fingerprint density at radius 3 is 2.30 bits per heavy atom. The molecule has 0 aliphatic carbocycles. The van der Waals surface area contributed by atoms with E-state index in [0.717, 1.165) is 0 Å². The second kappa shape index (κ2) is 5.92. The zero-order valence-electron chi connectivity index (χ0n) is 11.1. The number of hydrogen-bond acceptors (Lipinski definition) is 4. The van der Waals surface area contributed by atoms with E-state index >= 15 is 0 Å². The van der Waals surface area contributed by atoms with Crippen molar-refractivity contribution in [3.63, 3.8) is 0 Å². The van der Waals surface area contributed by atoms with Crippen LogP contribution in [0.3, 0.4) is 0 Å². The summed E-state index contributed by atoms with van der Waals surface area (Å²) in [4.78, 5) is 25.6. The summed E-state index contributed by atoms with van der Waals surface area (Å²) in [5.41, 5.74) is 0.357. The van der Waals surface area contributed by atoms with E-state index in [1.165, 1.54) is 32.4 Å². The van der Waals surface area contributed by atoms with Crippen molar-refractivity contribution in [2.24, 2.45) is 0 Å². The molecule has 20 heavy (non-hydrogen) atoms. The molecule has 1 heterocycles. The molecule has 6 nitrogen and oxygen atoms in total. The van der Waals surface area contributed by atoms with Gasteiger partial charge in [-0.3, -0.25) is 9.59 Å². The average Bonchev–Trinajstić information content (AvgIpc) is 2.46. The lowest BCUT2D eigenvalue weighted by Crippen LogP contribution is -2.17. The van der Waals surface area contributed by atoms with Crippen LogP contribution < -0.4 is 20.3 Å². The molecule has 6 heteroatoms. The van der Waals surface area contributed by atoms with Crippen LogP contribution >= 0.6 is 0 Å². The van der Waals surface area contributed by atoms with Gasteiger partial charge in [-0.15, -0.1) is 0 Å². The molecule has 0 aliphatic heterocycles. The molecule has 1 aromatic heterocycles. The predicted octanol–water partition coefficient (Wildman–Crippen LogP) is 1.64. The first kappa shape index (κ1) is 13.7. The summed E-state index contributed by atoms with van der Waals surface area (Å²) in [6, 6.07) is 9.38. The Morgan fingerprint density at radius 2 is 1.75 bits per heavy atom. The molecule has 1 aromatic carbocycles. The first-order chi connectivity index (χ1) is 9.62. The number of ether oxygens (including phenoxy) is 2. The molecule has 0 bridgehead atoms. The maximum absolute atomic E-state index is 12.0. The number of amides is 1. The summed E-state index contributed by atoms with van der Waals surface area (Å²) in [5.74, 6) is 0.695. The van der Waals surface area contributed by atoms with Gasteiger partial charge < -0.3 is 19.8 Å². The Hall–Kier alpha value is -2.76. The van der Waals surface area contributed by atoms with E-state index in [1.807, 2.05) is 0 Å². The molecule has 0 spiro atoms. The Kier molecular flexibility index (Phi) is 4.05. The van der Waals surface area contributed by atoms with Crippen molar-refractivity contribution in [2.45, 2.75) is 0 Å². The summed E-state index contributed by atoms with van der Waals surface area (Å²) < 4.78 is 10.2. The van der Waals surface area contributed by atoms with Crippen molar-refractivity contribution in [1.29, 1.82) is 0 Å². The Labute approximate surface area is 115 Å². The van der Waals surface area contributed by atoms with Crippen LogP contribution in [0.2, 0.25) is 0 Å². The van der Waals surface area contributed by atoms with Gasteiger partial charge in [-0.1, -0.05) is 6.07 Å². The minimum absolute atomic E-state index is 0.180. The number of aromatic nitrogens is 1. The van der Waals surface area contributed by atoms with E-state index in [4.69, 9.17) is 9.47 Å². The van der Waals surface area contributed by atoms with Gasteiger partial charge >= 0.3 is 0 Å². The monoisotopic (exact) mass is 274 g/mol. The third-order valence-electron chi connectivity index (χ3n) is 2.62. The van der Waals surface area contributed by atoms with Crippen LogP contribution in [0.25, 0.3) is 0 Å². The fourth-order valence-electron chi connectivity index (χ4n) is 1.66. The average molecular weight is 274 g/mol. The SMILES string of the molecule is COc1cc(NC(=O)c2cccc(=O)[nH]2)cc(OC)c1. The molecule has 0 saturated heterocycles. The van der Waals surface area contributed by atoms with E-state index in [-0.39, 0.29) is 11.3 Å². The fraction of sp³-hybridized carbons (Fsp3) is 0.143. The lowest BCUT2D eigenvalue weighted by Gasteiger charge is -2.09. The number of anilines is 1. The number of carbonyl (C=O) groups is 1. The van der Waals surface area contributed by atoms with Crippen LogP contribution in [0.15, 0.2) is 41.2 Å². The highest BCUT2D eigenvalue weighted by atomic mass is 16.5. The van der Waals surface area contributed by atoms with E-state index in [9.17, 15) is 9.59 Å². The van der Waals surface area contributed by atoms with Crippen LogP contribution in [-0.4, -0.2) is 25.1 Å². The number of nitrogens with one attached hydrogen (secondary N) is 2. The Balaban J connectivity index is 2.25. The summed E-state index contributed by atoms with van der Waals surface area (Å²) in [7, 11) is 3.05. The number of rotatable bonds is 4. The standard InChI is InChI=1S/C14H14N2O4/c1-19-10-6-9(7-11(8-10)20-2)15-14(18)12-4-3-5-13(17)16-12/h3-8H,1-2H3,(H,15,18)(H,16,17). The molecular formula is C14H14N2O4. The van der Waals surface area contributed by atoms with Gasteiger partial charge in [-0.05, 0) is 6.07 Å². The minimum atomic E-state index is -0.419. The van der Waals surface area contributed by atoms with Crippen molar-refractivity contribution in [2.75, 3.05) is 19.5 Å². The third-order valence-corrected chi connectivity index (χ3v) is 2.62. The van der Waals surface area contributed by atoms with Crippen molar-refractivity contribution in [3.8, 4) is 11.5 Å². The van der Waals surface area contributed by atoms with Crippen molar-refractivity contribution < 1.29 is 14.3 Å². The number of hydrogen-bond donors (Lipinski definition) is 2. The van der Waals surface area contributed by atoms with E-state index in [2.05, 4.69) is 10.3 Å². The number of methoxy groups -OCH3 is 2. The zero-order valence-corrected chi connectivity index (χ0v) is 11.1. The van der Waals surface area contributed by atoms with E-state index in [1.54, 1.807) is 18.2 Å². The number of aromatic amines is 1. The molecule has 0 unspecified atom stereocenters. The van der Waals surface area contributed by atoms with Gasteiger partial charge in [0.2, 0.25) is 5.56 Å².